The molecule has 0 aliphatic rings. The summed E-state index contributed by atoms with van der Waals surface area (Å²) in [6.45, 7) is 1.88. The molecule has 0 aliphatic heterocycles. The molecule has 7 heteroatoms. The van der Waals surface area contributed by atoms with Crippen LogP contribution < -0.4 is 20.1 Å². The van der Waals surface area contributed by atoms with E-state index >= 15 is 0 Å². The molecule has 0 saturated carbocycles. The van der Waals surface area contributed by atoms with Crippen molar-refractivity contribution in [2.45, 2.75) is 13.0 Å². The number of hydrogen-bond acceptors (Lipinski definition) is 5. The van der Waals surface area contributed by atoms with Gasteiger partial charge in [-0.25, -0.2) is 0 Å². The third-order valence-electron chi connectivity index (χ3n) is 4.40. The van der Waals surface area contributed by atoms with E-state index in [1.807, 2.05) is 30.5 Å². The number of anilines is 1. The molecule has 150 valence electrons. The Labute approximate surface area is 173 Å². The molecule has 0 unspecified atom stereocenters. The third-order valence-corrected chi connectivity index (χ3v) is 5.27. The summed E-state index contributed by atoms with van der Waals surface area (Å²) in [5, 5.41) is 7.62. The molecule has 1 aromatic heterocycles. The van der Waals surface area contributed by atoms with E-state index in [4.69, 9.17) is 9.47 Å². The molecule has 3 rings (SSSR count). The molecular weight excluding hydrogens is 388 g/mol. The van der Waals surface area contributed by atoms with E-state index in [9.17, 15) is 9.59 Å². The number of methoxy groups -OCH3 is 2. The van der Waals surface area contributed by atoms with Crippen molar-refractivity contribution in [2.75, 3.05) is 19.5 Å². The number of carbonyl (C=O) groups excluding carboxylic acids is 2. The van der Waals surface area contributed by atoms with Gasteiger partial charge in [0, 0.05) is 16.8 Å². The summed E-state index contributed by atoms with van der Waals surface area (Å²) < 4.78 is 10.7. The summed E-state index contributed by atoms with van der Waals surface area (Å²) in [7, 11) is 3.18. The molecule has 0 spiro atoms. The van der Waals surface area contributed by atoms with Gasteiger partial charge in [0.25, 0.3) is 11.8 Å². The number of carbonyl (C=O) groups is 2. The molecule has 1 atom stereocenters. The van der Waals surface area contributed by atoms with Gasteiger partial charge in [-0.2, -0.15) is 0 Å². The second-order valence-corrected chi connectivity index (χ2v) is 7.26. The van der Waals surface area contributed by atoms with Crippen molar-refractivity contribution >= 4 is 28.8 Å². The molecule has 0 bridgehead atoms. The minimum absolute atomic E-state index is 0.170. The van der Waals surface area contributed by atoms with Crippen molar-refractivity contribution in [1.29, 1.82) is 0 Å². The number of rotatable bonds is 7. The van der Waals surface area contributed by atoms with Gasteiger partial charge in [0.2, 0.25) is 0 Å². The number of hydrogen-bond donors (Lipinski definition) is 2. The lowest BCUT2D eigenvalue weighted by Gasteiger charge is -2.18. The number of thiophene rings is 1. The maximum atomic E-state index is 12.6. The first-order chi connectivity index (χ1) is 14.0. The molecule has 0 fully saturated rings. The zero-order valence-corrected chi connectivity index (χ0v) is 17.2. The molecule has 2 aromatic carbocycles. The molecule has 1 heterocycles. The van der Waals surface area contributed by atoms with Crippen LogP contribution in [0.25, 0.3) is 0 Å². The summed E-state index contributed by atoms with van der Waals surface area (Å²) >= 11 is 1.37. The van der Waals surface area contributed by atoms with Crippen LogP contribution in [0.1, 0.15) is 38.6 Å². The van der Waals surface area contributed by atoms with E-state index in [1.165, 1.54) is 11.3 Å². The van der Waals surface area contributed by atoms with Crippen molar-refractivity contribution in [3.63, 3.8) is 0 Å². The van der Waals surface area contributed by atoms with Gasteiger partial charge in [0.05, 0.1) is 25.1 Å². The van der Waals surface area contributed by atoms with Crippen LogP contribution in [0.3, 0.4) is 0 Å². The Morgan fingerprint density at radius 2 is 1.72 bits per heavy atom. The van der Waals surface area contributed by atoms with Crippen LogP contribution >= 0.6 is 11.3 Å². The minimum atomic E-state index is -0.286. The average molecular weight is 410 g/mol. The normalized spacial score (nSPS) is 11.4. The first-order valence-electron chi connectivity index (χ1n) is 8.99. The van der Waals surface area contributed by atoms with Crippen LogP contribution in [0.4, 0.5) is 5.69 Å². The lowest BCUT2D eigenvalue weighted by Crippen LogP contribution is -2.27. The van der Waals surface area contributed by atoms with Crippen LogP contribution in [0.5, 0.6) is 11.5 Å². The summed E-state index contributed by atoms with van der Waals surface area (Å²) in [4.78, 5) is 25.4. The van der Waals surface area contributed by atoms with E-state index in [0.717, 1.165) is 5.56 Å². The maximum absolute atomic E-state index is 12.6. The Kier molecular flexibility index (Phi) is 6.51. The monoisotopic (exact) mass is 410 g/mol. The fourth-order valence-electron chi connectivity index (χ4n) is 2.84. The highest BCUT2D eigenvalue weighted by Crippen LogP contribution is 2.29. The van der Waals surface area contributed by atoms with Crippen molar-refractivity contribution in [3.05, 3.63) is 76.0 Å². The van der Waals surface area contributed by atoms with Gasteiger partial charge in [0.15, 0.2) is 0 Å². The van der Waals surface area contributed by atoms with Crippen molar-refractivity contribution in [2.24, 2.45) is 0 Å². The first-order valence-corrected chi connectivity index (χ1v) is 9.87. The largest absolute Gasteiger partial charge is 0.497 e. The Bertz CT molecular complexity index is 985. The highest BCUT2D eigenvalue weighted by atomic mass is 32.1. The van der Waals surface area contributed by atoms with Gasteiger partial charge in [-0.05, 0) is 60.8 Å². The van der Waals surface area contributed by atoms with Crippen molar-refractivity contribution < 1.29 is 19.1 Å². The highest BCUT2D eigenvalue weighted by Gasteiger charge is 2.16. The fourth-order valence-corrected chi connectivity index (χ4v) is 3.46. The second kappa shape index (κ2) is 9.25. The van der Waals surface area contributed by atoms with Crippen LogP contribution in [0.2, 0.25) is 0 Å². The van der Waals surface area contributed by atoms with E-state index in [2.05, 4.69) is 10.6 Å². The maximum Gasteiger partial charge on any atom is 0.265 e. The molecule has 2 amide bonds. The molecule has 0 aliphatic carbocycles. The molecule has 0 radical (unpaired) electrons. The molecule has 6 nitrogen and oxygen atoms in total. The van der Waals surface area contributed by atoms with Gasteiger partial charge in [-0.3, -0.25) is 9.59 Å². The summed E-state index contributed by atoms with van der Waals surface area (Å²) in [5.41, 5.74) is 1.94. The predicted molar refractivity (Wildman–Crippen MR) is 114 cm³/mol. The smallest absolute Gasteiger partial charge is 0.265 e. The van der Waals surface area contributed by atoms with Gasteiger partial charge in [-0.15, -0.1) is 11.3 Å². The number of nitrogens with one attached hydrogen (secondary N) is 2. The minimum Gasteiger partial charge on any atom is -0.497 e. The van der Waals surface area contributed by atoms with E-state index in [0.29, 0.717) is 27.6 Å². The summed E-state index contributed by atoms with van der Waals surface area (Å²) in [6, 6.07) is 15.5. The van der Waals surface area contributed by atoms with Gasteiger partial charge in [-0.1, -0.05) is 6.07 Å². The van der Waals surface area contributed by atoms with Crippen molar-refractivity contribution in [1.82, 2.24) is 5.32 Å². The Morgan fingerprint density at radius 1 is 0.966 bits per heavy atom. The number of amides is 2. The Hall–Kier alpha value is -3.32. The lowest BCUT2D eigenvalue weighted by molar-refractivity contribution is 0.0939. The Balaban J connectivity index is 1.67. The molecule has 29 heavy (non-hydrogen) atoms. The number of ether oxygens (including phenoxy) is 2. The van der Waals surface area contributed by atoms with Crippen LogP contribution in [0.15, 0.2) is 60.0 Å². The van der Waals surface area contributed by atoms with Crippen LogP contribution in [-0.4, -0.2) is 26.0 Å². The molecule has 2 N–H and O–H groups in total. The van der Waals surface area contributed by atoms with Crippen LogP contribution in [0, 0.1) is 0 Å². The average Bonchev–Trinajstić information content (AvgIpc) is 3.28. The predicted octanol–water partition coefficient (Wildman–Crippen LogP) is 4.51. The zero-order chi connectivity index (χ0) is 20.8. The summed E-state index contributed by atoms with van der Waals surface area (Å²) in [5.74, 6) is 0.965. The topological polar surface area (TPSA) is 76.7 Å². The lowest BCUT2D eigenvalue weighted by atomic mass is 10.1. The van der Waals surface area contributed by atoms with E-state index < -0.39 is 0 Å². The molecule has 3 aromatic rings. The highest BCUT2D eigenvalue weighted by molar-refractivity contribution is 7.12. The van der Waals surface area contributed by atoms with E-state index in [-0.39, 0.29) is 17.9 Å². The SMILES string of the molecule is COc1ccc(OC)c([C@@H](C)NC(=O)c2ccc(NC(=O)c3cccs3)cc2)c1. The fraction of sp³-hybridized carbons (Fsp3) is 0.182. The first kappa shape index (κ1) is 20.4. The zero-order valence-electron chi connectivity index (χ0n) is 16.4. The van der Waals surface area contributed by atoms with Crippen LogP contribution in [-0.2, 0) is 0 Å². The second-order valence-electron chi connectivity index (χ2n) is 6.31. The third kappa shape index (κ3) is 4.94. The van der Waals surface area contributed by atoms with Crippen molar-refractivity contribution in [3.8, 4) is 11.5 Å². The van der Waals surface area contributed by atoms with Gasteiger partial charge < -0.3 is 20.1 Å². The van der Waals surface area contributed by atoms with E-state index in [1.54, 1.807) is 50.6 Å². The quantitative estimate of drug-likeness (QED) is 0.601. The molecule has 0 saturated heterocycles. The van der Waals surface area contributed by atoms with Gasteiger partial charge in [0.1, 0.15) is 11.5 Å². The van der Waals surface area contributed by atoms with Gasteiger partial charge >= 0.3 is 0 Å². The number of benzene rings is 2. The standard InChI is InChI=1S/C22H22N2O4S/c1-14(18-13-17(27-2)10-11-19(18)28-3)23-21(25)15-6-8-16(9-7-15)24-22(26)20-5-4-12-29-20/h4-14H,1-3H3,(H,23,25)(H,24,26)/t14-/m1/s1. The molecular formula is C22H22N2O4S. The Morgan fingerprint density at radius 3 is 2.34 bits per heavy atom. The summed E-state index contributed by atoms with van der Waals surface area (Å²) in [6.07, 6.45) is 0.